The van der Waals surface area contributed by atoms with Crippen LogP contribution in [0.25, 0.3) is 0 Å². The highest BCUT2D eigenvalue weighted by molar-refractivity contribution is 8.00. The number of thioether (sulfide) groups is 1. The van der Waals surface area contributed by atoms with Crippen molar-refractivity contribution in [2.24, 2.45) is 0 Å². The van der Waals surface area contributed by atoms with E-state index in [1.54, 1.807) is 36.6 Å². The Morgan fingerprint density at radius 1 is 1.37 bits per heavy atom. The molecule has 1 aromatic heterocycles. The summed E-state index contributed by atoms with van der Waals surface area (Å²) in [4.78, 5) is 12.4. The van der Waals surface area contributed by atoms with Crippen LogP contribution in [0.2, 0.25) is 5.02 Å². The molecule has 19 heavy (non-hydrogen) atoms. The van der Waals surface area contributed by atoms with Crippen molar-refractivity contribution in [3.63, 3.8) is 0 Å². The lowest BCUT2D eigenvalue weighted by atomic mass is 10.3. The summed E-state index contributed by atoms with van der Waals surface area (Å²) in [5.41, 5.74) is 6.39. The summed E-state index contributed by atoms with van der Waals surface area (Å²) >= 11 is 7.34. The standard InChI is InChI=1S/C13H13ClN2O2S/c14-10-4-1-5-11(15)13(10)19-8-12(17)16-7-9-3-2-6-18-9/h1-6H,7-8,15H2,(H,16,17). The molecule has 6 heteroatoms. The summed E-state index contributed by atoms with van der Waals surface area (Å²) in [5, 5.41) is 3.32. The van der Waals surface area contributed by atoms with Gasteiger partial charge in [-0.25, -0.2) is 0 Å². The zero-order chi connectivity index (χ0) is 13.7. The molecule has 0 aliphatic carbocycles. The van der Waals surface area contributed by atoms with Crippen molar-refractivity contribution in [3.8, 4) is 0 Å². The van der Waals surface area contributed by atoms with E-state index in [1.807, 2.05) is 0 Å². The van der Waals surface area contributed by atoms with Crippen molar-refractivity contribution in [1.29, 1.82) is 0 Å². The van der Waals surface area contributed by atoms with Crippen LogP contribution in [0.4, 0.5) is 5.69 Å². The SMILES string of the molecule is Nc1cccc(Cl)c1SCC(=O)NCc1ccco1. The van der Waals surface area contributed by atoms with Gasteiger partial charge in [-0.15, -0.1) is 11.8 Å². The summed E-state index contributed by atoms with van der Waals surface area (Å²) in [6.45, 7) is 0.379. The topological polar surface area (TPSA) is 68.3 Å². The van der Waals surface area contributed by atoms with Crippen molar-refractivity contribution >= 4 is 35.0 Å². The molecule has 0 atom stereocenters. The molecular weight excluding hydrogens is 284 g/mol. The lowest BCUT2D eigenvalue weighted by Gasteiger charge is -2.07. The number of nitrogens with two attached hydrogens (primary N) is 1. The third-order valence-electron chi connectivity index (χ3n) is 2.38. The Hall–Kier alpha value is -1.59. The van der Waals surface area contributed by atoms with Crippen LogP contribution in [0.3, 0.4) is 0 Å². The number of furan rings is 1. The zero-order valence-electron chi connectivity index (χ0n) is 10.1. The van der Waals surface area contributed by atoms with Crippen molar-refractivity contribution < 1.29 is 9.21 Å². The maximum absolute atomic E-state index is 11.7. The van der Waals surface area contributed by atoms with Gasteiger partial charge in [0.25, 0.3) is 0 Å². The normalized spacial score (nSPS) is 10.4. The van der Waals surface area contributed by atoms with Crippen LogP contribution >= 0.6 is 23.4 Å². The molecule has 4 nitrogen and oxygen atoms in total. The van der Waals surface area contributed by atoms with Gasteiger partial charge in [-0.1, -0.05) is 17.7 Å². The van der Waals surface area contributed by atoms with Crippen molar-refractivity contribution in [2.75, 3.05) is 11.5 Å². The van der Waals surface area contributed by atoms with Gasteiger partial charge >= 0.3 is 0 Å². The van der Waals surface area contributed by atoms with Gasteiger partial charge in [0.15, 0.2) is 0 Å². The molecule has 0 radical (unpaired) electrons. The molecule has 0 aliphatic rings. The molecule has 2 aromatic rings. The molecule has 0 aliphatic heterocycles. The summed E-state index contributed by atoms with van der Waals surface area (Å²) < 4.78 is 5.12. The van der Waals surface area contributed by atoms with E-state index in [-0.39, 0.29) is 11.7 Å². The third-order valence-corrected chi connectivity index (χ3v) is 3.96. The van der Waals surface area contributed by atoms with Crippen LogP contribution in [0, 0.1) is 0 Å². The number of carbonyl (C=O) groups is 1. The fourth-order valence-electron chi connectivity index (χ4n) is 1.47. The lowest BCUT2D eigenvalue weighted by molar-refractivity contribution is -0.118. The molecule has 0 saturated heterocycles. The van der Waals surface area contributed by atoms with E-state index in [0.29, 0.717) is 17.3 Å². The smallest absolute Gasteiger partial charge is 0.230 e. The molecule has 0 bridgehead atoms. The first-order valence-electron chi connectivity index (χ1n) is 5.62. The molecule has 0 spiro atoms. The Bertz CT molecular complexity index is 538. The number of hydrogen-bond donors (Lipinski definition) is 2. The van der Waals surface area contributed by atoms with E-state index >= 15 is 0 Å². The van der Waals surface area contributed by atoms with Crippen molar-refractivity contribution in [2.45, 2.75) is 11.4 Å². The Balaban J connectivity index is 1.83. The van der Waals surface area contributed by atoms with Crippen LogP contribution in [0.15, 0.2) is 45.9 Å². The predicted octanol–water partition coefficient (Wildman–Crippen LogP) is 2.92. The lowest BCUT2D eigenvalue weighted by Crippen LogP contribution is -2.24. The monoisotopic (exact) mass is 296 g/mol. The Morgan fingerprint density at radius 3 is 2.89 bits per heavy atom. The first kappa shape index (κ1) is 13.8. The minimum absolute atomic E-state index is 0.0966. The number of benzene rings is 1. The van der Waals surface area contributed by atoms with Gasteiger partial charge in [-0.05, 0) is 24.3 Å². The van der Waals surface area contributed by atoms with Gasteiger partial charge < -0.3 is 15.5 Å². The van der Waals surface area contributed by atoms with Crippen LogP contribution in [0.1, 0.15) is 5.76 Å². The molecule has 1 aromatic carbocycles. The third kappa shape index (κ3) is 3.94. The molecule has 1 amide bonds. The fourth-order valence-corrected chi connectivity index (χ4v) is 2.63. The van der Waals surface area contributed by atoms with Gasteiger partial charge in [0.05, 0.1) is 23.6 Å². The Morgan fingerprint density at radius 2 is 2.21 bits per heavy atom. The molecule has 0 saturated carbocycles. The highest BCUT2D eigenvalue weighted by Gasteiger charge is 2.08. The van der Waals surface area contributed by atoms with Gasteiger partial charge in [0.1, 0.15) is 5.76 Å². The molecular formula is C13H13ClN2O2S. The van der Waals surface area contributed by atoms with E-state index in [1.165, 1.54) is 11.8 Å². The average Bonchev–Trinajstić information content (AvgIpc) is 2.89. The fraction of sp³-hybridized carbons (Fsp3) is 0.154. The van der Waals surface area contributed by atoms with Crippen LogP contribution in [0.5, 0.6) is 0 Å². The number of amides is 1. The van der Waals surface area contributed by atoms with Crippen LogP contribution in [-0.4, -0.2) is 11.7 Å². The van der Waals surface area contributed by atoms with E-state index in [0.717, 1.165) is 10.7 Å². The van der Waals surface area contributed by atoms with Crippen molar-refractivity contribution in [3.05, 3.63) is 47.4 Å². The molecule has 0 fully saturated rings. The predicted molar refractivity (Wildman–Crippen MR) is 77.1 cm³/mol. The molecule has 0 unspecified atom stereocenters. The highest BCUT2D eigenvalue weighted by Crippen LogP contribution is 2.32. The second-order valence-electron chi connectivity index (χ2n) is 3.80. The summed E-state index contributed by atoms with van der Waals surface area (Å²) in [6.07, 6.45) is 1.57. The number of nitrogen functional groups attached to an aromatic ring is 1. The number of nitrogens with one attached hydrogen (secondary N) is 1. The Kier molecular flexibility index (Phi) is 4.76. The first-order valence-corrected chi connectivity index (χ1v) is 6.99. The Labute approximate surface area is 120 Å². The van der Waals surface area contributed by atoms with E-state index < -0.39 is 0 Å². The summed E-state index contributed by atoms with van der Waals surface area (Å²) in [6, 6.07) is 8.87. The summed E-state index contributed by atoms with van der Waals surface area (Å²) in [7, 11) is 0. The van der Waals surface area contributed by atoms with E-state index in [4.69, 9.17) is 21.8 Å². The number of halogens is 1. The largest absolute Gasteiger partial charge is 0.467 e. The number of rotatable bonds is 5. The minimum Gasteiger partial charge on any atom is -0.467 e. The molecule has 100 valence electrons. The van der Waals surface area contributed by atoms with Crippen molar-refractivity contribution in [1.82, 2.24) is 5.32 Å². The maximum atomic E-state index is 11.7. The minimum atomic E-state index is -0.0966. The first-order chi connectivity index (χ1) is 9.16. The maximum Gasteiger partial charge on any atom is 0.230 e. The highest BCUT2D eigenvalue weighted by atomic mass is 35.5. The van der Waals surface area contributed by atoms with E-state index in [9.17, 15) is 4.79 Å². The van der Waals surface area contributed by atoms with Crippen LogP contribution < -0.4 is 11.1 Å². The molecule has 2 rings (SSSR count). The number of hydrogen-bond acceptors (Lipinski definition) is 4. The van der Waals surface area contributed by atoms with Crippen LogP contribution in [-0.2, 0) is 11.3 Å². The number of anilines is 1. The second kappa shape index (κ2) is 6.54. The van der Waals surface area contributed by atoms with E-state index in [2.05, 4.69) is 5.32 Å². The zero-order valence-corrected chi connectivity index (χ0v) is 11.6. The molecule has 1 heterocycles. The van der Waals surface area contributed by atoms with Gasteiger partial charge in [0.2, 0.25) is 5.91 Å². The summed E-state index contributed by atoms with van der Waals surface area (Å²) in [5.74, 6) is 0.880. The molecule has 3 N–H and O–H groups in total. The second-order valence-corrected chi connectivity index (χ2v) is 5.20. The van der Waals surface area contributed by atoms with Gasteiger partial charge in [-0.3, -0.25) is 4.79 Å². The average molecular weight is 297 g/mol. The van der Waals surface area contributed by atoms with Gasteiger partial charge in [-0.2, -0.15) is 0 Å². The van der Waals surface area contributed by atoms with Gasteiger partial charge in [0, 0.05) is 10.6 Å². The quantitative estimate of drug-likeness (QED) is 0.657. The number of carbonyl (C=O) groups excluding carboxylic acids is 1.